The lowest BCUT2D eigenvalue weighted by molar-refractivity contribution is 0.0470. The minimum Gasteiger partial charge on any atom is -0.492 e. The van der Waals surface area contributed by atoms with Crippen molar-refractivity contribution in [1.29, 1.82) is 0 Å². The number of piperidine rings is 2. The second-order valence-electron chi connectivity index (χ2n) is 10.5. The summed E-state index contributed by atoms with van der Waals surface area (Å²) in [4.78, 5) is 20.9. The van der Waals surface area contributed by atoms with Crippen molar-refractivity contribution in [3.63, 3.8) is 0 Å². The van der Waals surface area contributed by atoms with Gasteiger partial charge < -0.3 is 19.6 Å². The molecule has 2 aromatic rings. The van der Waals surface area contributed by atoms with E-state index in [1.54, 1.807) is 18.3 Å². The lowest BCUT2D eigenvalue weighted by Gasteiger charge is -2.36. The number of aliphatic hydroxyl groups is 1. The summed E-state index contributed by atoms with van der Waals surface area (Å²) in [7, 11) is 0. The summed E-state index contributed by atoms with van der Waals surface area (Å²) >= 11 is 0. The van der Waals surface area contributed by atoms with E-state index in [0.717, 1.165) is 25.9 Å². The van der Waals surface area contributed by atoms with Crippen LogP contribution >= 0.6 is 0 Å². The van der Waals surface area contributed by atoms with Crippen molar-refractivity contribution in [2.24, 2.45) is 5.92 Å². The fourth-order valence-electron chi connectivity index (χ4n) is 5.19. The number of carbonyl (C=O) groups excluding carboxylic acids is 1. The number of alkyl halides is 1. The number of benzene rings is 1. The van der Waals surface area contributed by atoms with E-state index < -0.39 is 23.5 Å². The summed E-state index contributed by atoms with van der Waals surface area (Å²) in [5.41, 5.74) is 0.0838. The SMILES string of the molecule is CCC(F)(CC)CN1CCC(COc2ccc(-c3ccc(C(=O)N4CCC[C@@H](O)C4)c(F)c3)nc2)CC1. The molecular formula is C29H39F2N3O3. The second kappa shape index (κ2) is 12.3. The summed E-state index contributed by atoms with van der Waals surface area (Å²) in [6, 6.07) is 8.11. The van der Waals surface area contributed by atoms with Crippen LogP contribution in [0.5, 0.6) is 5.75 Å². The molecule has 4 rings (SSSR count). The largest absolute Gasteiger partial charge is 0.492 e. The number of carbonyl (C=O) groups is 1. The van der Waals surface area contributed by atoms with Gasteiger partial charge in [0.05, 0.1) is 30.2 Å². The first-order valence-electron chi connectivity index (χ1n) is 13.6. The smallest absolute Gasteiger partial charge is 0.256 e. The van der Waals surface area contributed by atoms with Crippen molar-refractivity contribution >= 4 is 5.91 Å². The summed E-state index contributed by atoms with van der Waals surface area (Å²) in [5.74, 6) is 0.0826. The van der Waals surface area contributed by atoms with Gasteiger partial charge in [-0.05, 0) is 81.8 Å². The minimum atomic E-state index is -1.09. The molecule has 0 bridgehead atoms. The van der Waals surface area contributed by atoms with E-state index in [9.17, 15) is 18.7 Å². The molecule has 0 unspecified atom stereocenters. The molecule has 2 aliphatic heterocycles. The highest BCUT2D eigenvalue weighted by Crippen LogP contribution is 2.27. The van der Waals surface area contributed by atoms with Gasteiger partial charge in [-0.25, -0.2) is 8.78 Å². The Morgan fingerprint density at radius 2 is 1.89 bits per heavy atom. The first kappa shape index (κ1) is 27.5. The van der Waals surface area contributed by atoms with Gasteiger partial charge in [-0.2, -0.15) is 0 Å². The Kier molecular flexibility index (Phi) is 9.13. The van der Waals surface area contributed by atoms with Gasteiger partial charge in [0.2, 0.25) is 0 Å². The maximum Gasteiger partial charge on any atom is 0.256 e. The van der Waals surface area contributed by atoms with Crippen LogP contribution in [0, 0.1) is 11.7 Å². The van der Waals surface area contributed by atoms with Crippen LogP contribution in [0.15, 0.2) is 36.5 Å². The molecule has 1 atom stereocenters. The molecule has 0 saturated carbocycles. The number of likely N-dealkylation sites (tertiary alicyclic amines) is 2. The predicted octanol–water partition coefficient (Wildman–Crippen LogP) is 5.10. The number of amides is 1. The lowest BCUT2D eigenvalue weighted by Crippen LogP contribution is -2.44. The van der Waals surface area contributed by atoms with Gasteiger partial charge in [0.1, 0.15) is 17.2 Å². The topological polar surface area (TPSA) is 65.9 Å². The molecule has 2 aliphatic rings. The van der Waals surface area contributed by atoms with Crippen LogP contribution in [0.25, 0.3) is 11.3 Å². The highest BCUT2D eigenvalue weighted by atomic mass is 19.1. The van der Waals surface area contributed by atoms with E-state index in [1.807, 2.05) is 19.9 Å². The third kappa shape index (κ3) is 7.05. The van der Waals surface area contributed by atoms with Gasteiger partial charge in [-0.3, -0.25) is 9.78 Å². The number of hydrogen-bond acceptors (Lipinski definition) is 5. The van der Waals surface area contributed by atoms with Crippen LogP contribution in [-0.2, 0) is 0 Å². The molecule has 6 nitrogen and oxygen atoms in total. The van der Waals surface area contributed by atoms with E-state index in [1.165, 1.54) is 17.0 Å². The number of rotatable bonds is 9. The normalized spacial score (nSPS) is 19.7. The van der Waals surface area contributed by atoms with E-state index in [-0.39, 0.29) is 12.1 Å². The minimum absolute atomic E-state index is 0.00504. The van der Waals surface area contributed by atoms with E-state index in [2.05, 4.69) is 9.88 Å². The summed E-state index contributed by atoms with van der Waals surface area (Å²) in [5, 5.41) is 9.82. The number of nitrogens with zero attached hydrogens (tertiary/aromatic N) is 3. The molecule has 1 aromatic carbocycles. The van der Waals surface area contributed by atoms with Crippen molar-refractivity contribution in [1.82, 2.24) is 14.8 Å². The zero-order chi connectivity index (χ0) is 26.4. The number of pyridine rings is 1. The third-order valence-electron chi connectivity index (χ3n) is 7.88. The zero-order valence-electron chi connectivity index (χ0n) is 22.0. The number of ether oxygens (including phenoxy) is 1. The Morgan fingerprint density at radius 1 is 1.14 bits per heavy atom. The Hall–Kier alpha value is -2.58. The maximum absolute atomic E-state index is 14.8. The zero-order valence-corrected chi connectivity index (χ0v) is 22.0. The lowest BCUT2D eigenvalue weighted by atomic mass is 9.94. The molecule has 8 heteroatoms. The molecule has 1 N–H and O–H groups in total. The van der Waals surface area contributed by atoms with E-state index >= 15 is 0 Å². The van der Waals surface area contributed by atoms with Crippen molar-refractivity contribution in [2.75, 3.05) is 39.3 Å². The molecule has 2 saturated heterocycles. The van der Waals surface area contributed by atoms with Gasteiger partial charge >= 0.3 is 0 Å². The molecule has 1 aromatic heterocycles. The van der Waals surface area contributed by atoms with Crippen LogP contribution < -0.4 is 4.74 Å². The molecule has 0 radical (unpaired) electrons. The molecule has 37 heavy (non-hydrogen) atoms. The molecule has 0 aliphatic carbocycles. The fraction of sp³-hybridized carbons (Fsp3) is 0.586. The van der Waals surface area contributed by atoms with Crippen molar-refractivity contribution in [3.05, 3.63) is 47.9 Å². The van der Waals surface area contributed by atoms with Crippen LogP contribution in [0.3, 0.4) is 0 Å². The fourth-order valence-corrected chi connectivity index (χ4v) is 5.19. The van der Waals surface area contributed by atoms with Gasteiger partial charge in [0, 0.05) is 25.2 Å². The number of β-amino-alcohol motifs (C(OH)–C–C–N with tert-alkyl or cyclic N) is 1. The van der Waals surface area contributed by atoms with Gasteiger partial charge in [-0.1, -0.05) is 19.9 Å². The van der Waals surface area contributed by atoms with Crippen LogP contribution in [0.1, 0.15) is 62.7 Å². The molecule has 2 fully saturated rings. The molecular weight excluding hydrogens is 476 g/mol. The second-order valence-corrected chi connectivity index (χ2v) is 10.5. The third-order valence-corrected chi connectivity index (χ3v) is 7.88. The predicted molar refractivity (Wildman–Crippen MR) is 140 cm³/mol. The highest BCUT2D eigenvalue weighted by molar-refractivity contribution is 5.95. The first-order chi connectivity index (χ1) is 17.8. The average Bonchev–Trinajstić information content (AvgIpc) is 2.92. The standard InChI is InChI=1S/C29H39F2N3O3/c1-3-29(31,4-2)20-33-14-11-21(12-15-33)19-37-24-8-10-27(32-17-24)22-7-9-25(26(30)16-22)28(36)34-13-5-6-23(35)18-34/h7-10,16-17,21,23,35H,3-6,11-15,18-20H2,1-2H3/t23-/m1/s1. The number of halogens is 2. The number of aromatic nitrogens is 1. The van der Waals surface area contributed by atoms with Crippen molar-refractivity contribution in [2.45, 2.75) is 64.1 Å². The van der Waals surface area contributed by atoms with Crippen LogP contribution in [0.4, 0.5) is 8.78 Å². The van der Waals surface area contributed by atoms with Crippen molar-refractivity contribution < 1.29 is 23.4 Å². The Balaban J connectivity index is 1.28. The van der Waals surface area contributed by atoms with Crippen LogP contribution in [-0.4, -0.2) is 76.9 Å². The quantitative estimate of drug-likeness (QED) is 0.503. The van der Waals surface area contributed by atoms with Gasteiger partial charge in [-0.15, -0.1) is 0 Å². The van der Waals surface area contributed by atoms with Gasteiger partial charge in [0.25, 0.3) is 5.91 Å². The molecule has 0 spiro atoms. The van der Waals surface area contributed by atoms with E-state index in [0.29, 0.717) is 68.3 Å². The molecule has 202 valence electrons. The monoisotopic (exact) mass is 515 g/mol. The number of hydrogen-bond donors (Lipinski definition) is 1. The highest BCUT2D eigenvalue weighted by Gasteiger charge is 2.30. The van der Waals surface area contributed by atoms with Gasteiger partial charge in [0.15, 0.2) is 0 Å². The Morgan fingerprint density at radius 3 is 2.51 bits per heavy atom. The Labute approximate surface area is 218 Å². The van der Waals surface area contributed by atoms with Crippen molar-refractivity contribution in [3.8, 4) is 17.0 Å². The number of aliphatic hydroxyl groups excluding tert-OH is 1. The average molecular weight is 516 g/mol. The molecule has 3 heterocycles. The van der Waals surface area contributed by atoms with Crippen LogP contribution in [0.2, 0.25) is 0 Å². The molecule has 1 amide bonds. The summed E-state index contributed by atoms with van der Waals surface area (Å²) < 4.78 is 35.5. The maximum atomic E-state index is 14.8. The van der Waals surface area contributed by atoms with E-state index in [4.69, 9.17) is 4.74 Å². The Bertz CT molecular complexity index is 1040. The summed E-state index contributed by atoms with van der Waals surface area (Å²) in [6.07, 6.45) is 5.52. The first-order valence-corrected chi connectivity index (χ1v) is 13.6. The summed E-state index contributed by atoms with van der Waals surface area (Å²) in [6.45, 7) is 7.47.